The maximum atomic E-state index is 6.01. The van der Waals surface area contributed by atoms with Crippen molar-refractivity contribution < 1.29 is 4.74 Å². The van der Waals surface area contributed by atoms with Gasteiger partial charge in [0.2, 0.25) is 0 Å². The first-order valence-corrected chi connectivity index (χ1v) is 6.32. The van der Waals surface area contributed by atoms with Crippen LogP contribution in [0.3, 0.4) is 0 Å². The third-order valence-corrected chi connectivity index (χ3v) is 2.68. The summed E-state index contributed by atoms with van der Waals surface area (Å²) < 4.78 is 5.59. The molecule has 0 radical (unpaired) electrons. The average Bonchev–Trinajstić information content (AvgIpc) is 2.25. The molecule has 0 aromatic heterocycles. The van der Waals surface area contributed by atoms with Gasteiger partial charge < -0.3 is 10.5 Å². The van der Waals surface area contributed by atoms with Gasteiger partial charge in [0.05, 0.1) is 6.04 Å². The lowest BCUT2D eigenvalue weighted by molar-refractivity contribution is 0.115. The molecule has 0 spiro atoms. The fraction of sp³-hybridized carbons (Fsp3) is 0.500. The lowest BCUT2D eigenvalue weighted by atomic mass is 10.1. The third kappa shape index (κ3) is 5.80. The largest absolute Gasteiger partial charge is 0.480 e. The number of hydrogen-bond donors (Lipinski definition) is 1. The molecule has 0 unspecified atom stereocenters. The van der Waals surface area contributed by atoms with Gasteiger partial charge in [-0.15, -0.1) is 0 Å². The van der Waals surface area contributed by atoms with Crippen molar-refractivity contribution in [1.29, 1.82) is 0 Å². The summed E-state index contributed by atoms with van der Waals surface area (Å²) in [7, 11) is 0. The van der Waals surface area contributed by atoms with Crippen LogP contribution < -0.4 is 5.73 Å². The van der Waals surface area contributed by atoms with Crippen LogP contribution in [0.4, 0.5) is 0 Å². The molecule has 0 amide bonds. The van der Waals surface area contributed by atoms with E-state index in [0.717, 1.165) is 12.8 Å². The Labute approximate surface area is 109 Å². The van der Waals surface area contributed by atoms with Crippen molar-refractivity contribution in [1.82, 2.24) is 0 Å². The molecule has 0 aliphatic carbocycles. The molecule has 1 atom stereocenters. The van der Waals surface area contributed by atoms with Crippen LogP contribution in [0.5, 0.6) is 0 Å². The lowest BCUT2D eigenvalue weighted by Gasteiger charge is -2.24. The van der Waals surface area contributed by atoms with Crippen molar-refractivity contribution in [2.45, 2.75) is 45.3 Å². The van der Waals surface area contributed by atoms with Crippen molar-refractivity contribution in [2.75, 3.05) is 0 Å². The SMILES string of the molecule is CC(C)(C)OC(=S)[C@H](N)CCc1ccccc1. The monoisotopic (exact) mass is 251 g/mol. The average molecular weight is 251 g/mol. The molecular weight excluding hydrogens is 230 g/mol. The molecule has 1 aromatic carbocycles. The predicted molar refractivity (Wildman–Crippen MR) is 76.2 cm³/mol. The summed E-state index contributed by atoms with van der Waals surface area (Å²) in [6.45, 7) is 5.93. The highest BCUT2D eigenvalue weighted by Gasteiger charge is 2.18. The quantitative estimate of drug-likeness (QED) is 0.835. The van der Waals surface area contributed by atoms with Gasteiger partial charge in [-0.05, 0) is 51.4 Å². The summed E-state index contributed by atoms with van der Waals surface area (Å²) in [6.07, 6.45) is 1.74. The molecule has 1 aromatic rings. The smallest absolute Gasteiger partial charge is 0.177 e. The van der Waals surface area contributed by atoms with Crippen molar-refractivity contribution in [3.8, 4) is 0 Å². The summed E-state index contributed by atoms with van der Waals surface area (Å²) in [5.74, 6) is 0. The first-order valence-electron chi connectivity index (χ1n) is 5.91. The summed E-state index contributed by atoms with van der Waals surface area (Å²) >= 11 is 5.19. The van der Waals surface area contributed by atoms with Gasteiger partial charge in [-0.1, -0.05) is 30.3 Å². The Hall–Kier alpha value is -0.930. The Morgan fingerprint density at radius 1 is 1.29 bits per heavy atom. The van der Waals surface area contributed by atoms with E-state index in [1.54, 1.807) is 0 Å². The molecule has 2 nitrogen and oxygen atoms in total. The van der Waals surface area contributed by atoms with Gasteiger partial charge in [0, 0.05) is 0 Å². The molecule has 0 saturated carbocycles. The second-order valence-corrected chi connectivity index (χ2v) is 5.57. The zero-order chi connectivity index (χ0) is 12.9. The van der Waals surface area contributed by atoms with Crippen molar-refractivity contribution in [3.63, 3.8) is 0 Å². The van der Waals surface area contributed by atoms with E-state index in [0.29, 0.717) is 5.05 Å². The zero-order valence-corrected chi connectivity index (χ0v) is 11.6. The maximum absolute atomic E-state index is 6.01. The number of nitrogens with two attached hydrogens (primary N) is 1. The Morgan fingerprint density at radius 3 is 2.41 bits per heavy atom. The van der Waals surface area contributed by atoms with Crippen LogP contribution in [0.1, 0.15) is 32.8 Å². The second-order valence-electron chi connectivity index (χ2n) is 5.16. The van der Waals surface area contributed by atoms with Gasteiger partial charge in [-0.2, -0.15) is 0 Å². The van der Waals surface area contributed by atoms with E-state index in [1.165, 1.54) is 5.56 Å². The number of hydrogen-bond acceptors (Lipinski definition) is 3. The Balaban J connectivity index is 2.40. The van der Waals surface area contributed by atoms with Gasteiger partial charge in [0.25, 0.3) is 0 Å². The molecule has 17 heavy (non-hydrogen) atoms. The molecule has 2 N–H and O–H groups in total. The highest BCUT2D eigenvalue weighted by atomic mass is 32.1. The molecule has 0 aliphatic heterocycles. The van der Waals surface area contributed by atoms with E-state index in [-0.39, 0.29) is 11.6 Å². The van der Waals surface area contributed by atoms with E-state index in [4.69, 9.17) is 22.7 Å². The molecule has 0 saturated heterocycles. The van der Waals surface area contributed by atoms with Gasteiger partial charge in [-0.3, -0.25) is 0 Å². The predicted octanol–water partition coefficient (Wildman–Crippen LogP) is 3.09. The molecule has 0 fully saturated rings. The normalized spacial score (nSPS) is 13.2. The summed E-state index contributed by atoms with van der Waals surface area (Å²) in [5.41, 5.74) is 7.02. The van der Waals surface area contributed by atoms with E-state index in [1.807, 2.05) is 39.0 Å². The van der Waals surface area contributed by atoms with Gasteiger partial charge in [0.15, 0.2) is 5.05 Å². The van der Waals surface area contributed by atoms with Crippen LogP contribution in [0.2, 0.25) is 0 Å². The van der Waals surface area contributed by atoms with Gasteiger partial charge >= 0.3 is 0 Å². The Kier molecular flexibility index (Phi) is 5.09. The fourth-order valence-electron chi connectivity index (χ4n) is 1.46. The Morgan fingerprint density at radius 2 is 1.88 bits per heavy atom. The van der Waals surface area contributed by atoms with Crippen LogP contribution in [0.25, 0.3) is 0 Å². The minimum atomic E-state index is -0.262. The molecule has 94 valence electrons. The molecule has 1 rings (SSSR count). The van der Waals surface area contributed by atoms with Crippen molar-refractivity contribution in [2.24, 2.45) is 5.73 Å². The fourth-order valence-corrected chi connectivity index (χ4v) is 1.83. The molecular formula is C14H21NOS. The number of rotatable bonds is 4. The van der Waals surface area contributed by atoms with Crippen LogP contribution in [0.15, 0.2) is 30.3 Å². The van der Waals surface area contributed by atoms with Crippen molar-refractivity contribution in [3.05, 3.63) is 35.9 Å². The standard InChI is InChI=1S/C14H21NOS/c1-14(2,3)16-13(17)12(15)10-9-11-7-5-4-6-8-11/h4-8,12H,9-10,15H2,1-3H3/t12-/m1/s1. The first kappa shape index (κ1) is 14.1. The van der Waals surface area contributed by atoms with Crippen LogP contribution in [-0.4, -0.2) is 16.7 Å². The van der Waals surface area contributed by atoms with E-state index in [2.05, 4.69) is 12.1 Å². The summed E-state index contributed by atoms with van der Waals surface area (Å²) in [5, 5.41) is 0.508. The third-order valence-electron chi connectivity index (χ3n) is 2.30. The highest BCUT2D eigenvalue weighted by molar-refractivity contribution is 7.80. The number of aryl methyl sites for hydroxylation is 1. The van der Waals surface area contributed by atoms with Gasteiger partial charge in [0.1, 0.15) is 5.60 Å². The van der Waals surface area contributed by atoms with E-state index >= 15 is 0 Å². The number of benzene rings is 1. The number of thiocarbonyl (C=S) groups is 1. The zero-order valence-electron chi connectivity index (χ0n) is 10.8. The maximum Gasteiger partial charge on any atom is 0.177 e. The minimum absolute atomic E-state index is 0.176. The Bertz CT molecular complexity index is 356. The lowest BCUT2D eigenvalue weighted by Crippen LogP contribution is -2.36. The summed E-state index contributed by atoms with van der Waals surface area (Å²) in [4.78, 5) is 0. The van der Waals surface area contributed by atoms with Crippen LogP contribution in [-0.2, 0) is 11.2 Å². The van der Waals surface area contributed by atoms with Crippen LogP contribution >= 0.6 is 12.2 Å². The van der Waals surface area contributed by atoms with Crippen LogP contribution in [0, 0.1) is 0 Å². The molecule has 3 heteroatoms. The van der Waals surface area contributed by atoms with Gasteiger partial charge in [-0.25, -0.2) is 0 Å². The second kappa shape index (κ2) is 6.12. The topological polar surface area (TPSA) is 35.2 Å². The number of ether oxygens (including phenoxy) is 1. The summed E-state index contributed by atoms with van der Waals surface area (Å²) in [6, 6.07) is 10.1. The van der Waals surface area contributed by atoms with E-state index in [9.17, 15) is 0 Å². The molecule has 0 heterocycles. The molecule has 0 aliphatic rings. The van der Waals surface area contributed by atoms with Crippen molar-refractivity contribution >= 4 is 17.3 Å². The minimum Gasteiger partial charge on any atom is -0.480 e. The highest BCUT2D eigenvalue weighted by Crippen LogP contribution is 2.11. The van der Waals surface area contributed by atoms with E-state index < -0.39 is 0 Å². The first-order chi connectivity index (χ1) is 7.88. The molecule has 0 bridgehead atoms.